The van der Waals surface area contributed by atoms with Crippen molar-refractivity contribution in [2.45, 2.75) is 59.4 Å². The summed E-state index contributed by atoms with van der Waals surface area (Å²) in [6.45, 7) is 11.0. The zero-order valence-electron chi connectivity index (χ0n) is 13.2. The van der Waals surface area contributed by atoms with Crippen molar-refractivity contribution in [3.8, 4) is 0 Å². The molecule has 2 rings (SSSR count). The summed E-state index contributed by atoms with van der Waals surface area (Å²) in [5, 5.41) is 3.55. The second kappa shape index (κ2) is 6.29. The number of anilines is 1. The second-order valence-corrected chi connectivity index (χ2v) is 6.41. The van der Waals surface area contributed by atoms with Crippen molar-refractivity contribution in [1.29, 1.82) is 0 Å². The van der Waals surface area contributed by atoms with Crippen LogP contribution in [0.1, 0.15) is 59.3 Å². The third kappa shape index (κ3) is 3.75. The van der Waals surface area contributed by atoms with Gasteiger partial charge in [-0.3, -0.25) is 0 Å². The normalized spacial score (nSPS) is 13.3. The van der Waals surface area contributed by atoms with Gasteiger partial charge in [0.2, 0.25) is 0 Å². The molecule has 1 heterocycles. The Balaban J connectivity index is 2.07. The Bertz CT molecular complexity index is 557. The van der Waals surface area contributed by atoms with Crippen molar-refractivity contribution in [1.82, 2.24) is 4.98 Å². The quantitative estimate of drug-likeness (QED) is 0.788. The van der Waals surface area contributed by atoms with E-state index in [1.807, 2.05) is 6.07 Å². The van der Waals surface area contributed by atoms with Crippen molar-refractivity contribution >= 4 is 16.8 Å². The Morgan fingerprint density at radius 3 is 2.50 bits per heavy atom. The minimum Gasteiger partial charge on any atom is -0.440 e. The molecule has 20 heavy (non-hydrogen) atoms. The van der Waals surface area contributed by atoms with Gasteiger partial charge in [-0.2, -0.15) is 0 Å². The Morgan fingerprint density at radius 2 is 1.85 bits per heavy atom. The summed E-state index contributed by atoms with van der Waals surface area (Å²) in [4.78, 5) is 4.55. The van der Waals surface area contributed by atoms with Gasteiger partial charge in [0.05, 0.1) is 0 Å². The summed E-state index contributed by atoms with van der Waals surface area (Å²) >= 11 is 0. The van der Waals surface area contributed by atoms with Crippen LogP contribution in [0.3, 0.4) is 0 Å². The predicted molar refractivity (Wildman–Crippen MR) is 85.3 cm³/mol. The highest BCUT2D eigenvalue weighted by Crippen LogP contribution is 2.24. The lowest BCUT2D eigenvalue weighted by atomic mass is 10.0. The van der Waals surface area contributed by atoms with E-state index in [1.165, 1.54) is 12.8 Å². The summed E-state index contributed by atoms with van der Waals surface area (Å²) in [6, 6.07) is 6.64. The molecule has 1 aromatic heterocycles. The molecule has 3 nitrogen and oxygen atoms in total. The summed E-state index contributed by atoms with van der Waals surface area (Å²) in [7, 11) is 0. The van der Waals surface area contributed by atoms with Gasteiger partial charge in [-0.05, 0) is 43.9 Å². The van der Waals surface area contributed by atoms with Gasteiger partial charge < -0.3 is 9.73 Å². The highest BCUT2D eigenvalue weighted by molar-refractivity contribution is 5.77. The summed E-state index contributed by atoms with van der Waals surface area (Å²) < 4.78 is 5.73. The Kier molecular flexibility index (Phi) is 4.69. The van der Waals surface area contributed by atoms with E-state index < -0.39 is 0 Å². The van der Waals surface area contributed by atoms with E-state index in [1.54, 1.807) is 0 Å². The van der Waals surface area contributed by atoms with Crippen LogP contribution in [0.5, 0.6) is 0 Å². The number of hydrogen-bond acceptors (Lipinski definition) is 3. The van der Waals surface area contributed by atoms with Gasteiger partial charge in [-0.1, -0.05) is 27.7 Å². The monoisotopic (exact) mass is 274 g/mol. The smallest absolute Gasteiger partial charge is 0.198 e. The van der Waals surface area contributed by atoms with Gasteiger partial charge in [0.15, 0.2) is 11.5 Å². The van der Waals surface area contributed by atoms with Crippen LogP contribution in [0.25, 0.3) is 11.1 Å². The van der Waals surface area contributed by atoms with Crippen LogP contribution in [0.2, 0.25) is 0 Å². The maximum atomic E-state index is 5.73. The highest BCUT2D eigenvalue weighted by atomic mass is 16.3. The minimum absolute atomic E-state index is 0.323. The molecule has 2 aromatic rings. The zero-order valence-corrected chi connectivity index (χ0v) is 13.2. The molecule has 0 spiro atoms. The van der Waals surface area contributed by atoms with Crippen molar-refractivity contribution in [3.63, 3.8) is 0 Å². The Morgan fingerprint density at radius 1 is 1.10 bits per heavy atom. The van der Waals surface area contributed by atoms with Crippen LogP contribution in [-0.4, -0.2) is 11.0 Å². The van der Waals surface area contributed by atoms with Crippen LogP contribution in [0.4, 0.5) is 5.69 Å². The molecule has 3 heteroatoms. The molecule has 110 valence electrons. The molecule has 0 bridgehead atoms. The van der Waals surface area contributed by atoms with Crippen LogP contribution < -0.4 is 5.32 Å². The number of fused-ring (bicyclic) bond motifs is 1. The molecule has 0 radical (unpaired) electrons. The number of hydrogen-bond donors (Lipinski definition) is 1. The number of oxazole rings is 1. The molecule has 0 aliphatic carbocycles. The van der Waals surface area contributed by atoms with Crippen molar-refractivity contribution < 1.29 is 4.42 Å². The number of nitrogens with one attached hydrogen (secondary N) is 1. The molecule has 1 unspecified atom stereocenters. The zero-order chi connectivity index (χ0) is 14.7. The van der Waals surface area contributed by atoms with Crippen molar-refractivity contribution in [2.24, 2.45) is 5.92 Å². The Labute approximate surface area is 121 Å². The lowest BCUT2D eigenvalue weighted by Crippen LogP contribution is -2.15. The summed E-state index contributed by atoms with van der Waals surface area (Å²) in [6.07, 6.45) is 2.43. The number of aromatic nitrogens is 1. The first kappa shape index (κ1) is 14.9. The third-order valence-electron chi connectivity index (χ3n) is 3.49. The standard InChI is InChI=1S/C17H26N2O/c1-11(2)6-7-13(5)18-14-8-9-16-15(10-14)19-17(20-16)12(3)4/h8-13,18H,6-7H2,1-5H3. The minimum atomic E-state index is 0.323. The summed E-state index contributed by atoms with van der Waals surface area (Å²) in [5.74, 6) is 1.89. The van der Waals surface area contributed by atoms with Gasteiger partial charge in [0, 0.05) is 17.6 Å². The Hall–Kier alpha value is -1.51. The second-order valence-electron chi connectivity index (χ2n) is 6.41. The van der Waals surface area contributed by atoms with Gasteiger partial charge in [0.25, 0.3) is 0 Å². The maximum Gasteiger partial charge on any atom is 0.198 e. The predicted octanol–water partition coefficient (Wildman–Crippen LogP) is 5.19. The molecule has 1 aromatic carbocycles. The van der Waals surface area contributed by atoms with E-state index >= 15 is 0 Å². The highest BCUT2D eigenvalue weighted by Gasteiger charge is 2.10. The SMILES string of the molecule is CC(C)CCC(C)Nc1ccc2oc(C(C)C)nc2c1. The van der Waals surface area contributed by atoms with Gasteiger partial charge >= 0.3 is 0 Å². The fourth-order valence-electron chi connectivity index (χ4n) is 2.22. The molecule has 0 aliphatic rings. The van der Waals surface area contributed by atoms with Crippen LogP contribution in [0.15, 0.2) is 22.6 Å². The summed E-state index contributed by atoms with van der Waals surface area (Å²) in [5.41, 5.74) is 2.93. The van der Waals surface area contributed by atoms with Gasteiger partial charge in [-0.25, -0.2) is 4.98 Å². The van der Waals surface area contributed by atoms with Gasteiger partial charge in [-0.15, -0.1) is 0 Å². The van der Waals surface area contributed by atoms with E-state index in [4.69, 9.17) is 4.42 Å². The average Bonchev–Trinajstić information content (AvgIpc) is 2.79. The fraction of sp³-hybridized carbons (Fsp3) is 0.588. The third-order valence-corrected chi connectivity index (χ3v) is 3.49. The topological polar surface area (TPSA) is 38.1 Å². The van der Waals surface area contributed by atoms with E-state index in [9.17, 15) is 0 Å². The molecular formula is C17H26N2O. The van der Waals surface area contributed by atoms with Crippen molar-refractivity contribution in [3.05, 3.63) is 24.1 Å². The lowest BCUT2D eigenvalue weighted by molar-refractivity contribution is 0.501. The molecule has 1 N–H and O–H groups in total. The van der Waals surface area contributed by atoms with E-state index in [0.29, 0.717) is 12.0 Å². The first-order chi connectivity index (χ1) is 9.45. The van der Waals surface area contributed by atoms with Crippen LogP contribution in [0, 0.1) is 5.92 Å². The molecule has 0 amide bonds. The first-order valence-electron chi connectivity index (χ1n) is 7.62. The molecule has 0 saturated carbocycles. The molecule has 0 saturated heterocycles. The van der Waals surface area contributed by atoms with E-state index in [2.05, 4.69) is 57.1 Å². The van der Waals surface area contributed by atoms with Crippen LogP contribution in [-0.2, 0) is 0 Å². The molecular weight excluding hydrogens is 248 g/mol. The lowest BCUT2D eigenvalue weighted by Gasteiger charge is -2.16. The largest absolute Gasteiger partial charge is 0.440 e. The fourth-order valence-corrected chi connectivity index (χ4v) is 2.22. The van der Waals surface area contributed by atoms with Crippen LogP contribution >= 0.6 is 0 Å². The first-order valence-corrected chi connectivity index (χ1v) is 7.62. The molecule has 0 fully saturated rings. The molecule has 0 aliphatic heterocycles. The molecule has 1 atom stereocenters. The van der Waals surface area contributed by atoms with E-state index in [-0.39, 0.29) is 0 Å². The van der Waals surface area contributed by atoms with E-state index in [0.717, 1.165) is 28.6 Å². The average molecular weight is 274 g/mol. The maximum absolute atomic E-state index is 5.73. The number of nitrogens with zero attached hydrogens (tertiary/aromatic N) is 1. The van der Waals surface area contributed by atoms with Gasteiger partial charge in [0.1, 0.15) is 5.52 Å². The number of benzene rings is 1. The van der Waals surface area contributed by atoms with Crippen molar-refractivity contribution in [2.75, 3.05) is 5.32 Å². The number of rotatable bonds is 6.